The van der Waals surface area contributed by atoms with Gasteiger partial charge < -0.3 is 20.1 Å². The number of amides is 1. The summed E-state index contributed by atoms with van der Waals surface area (Å²) in [4.78, 5) is 19.1. The van der Waals surface area contributed by atoms with Crippen LogP contribution in [0.1, 0.15) is 42.9 Å². The van der Waals surface area contributed by atoms with E-state index in [-0.39, 0.29) is 23.9 Å². The molecule has 0 radical (unpaired) electrons. The highest BCUT2D eigenvalue weighted by atomic mass is 79.9. The number of anilines is 2. The van der Waals surface area contributed by atoms with Gasteiger partial charge in [0.15, 0.2) is 5.11 Å². The maximum absolute atomic E-state index is 12.3. The van der Waals surface area contributed by atoms with E-state index < -0.39 is 0 Å². The summed E-state index contributed by atoms with van der Waals surface area (Å²) in [5, 5.41) is 7.18. The molecule has 1 amide bonds. The summed E-state index contributed by atoms with van der Waals surface area (Å²) in [7, 11) is 0. The van der Waals surface area contributed by atoms with Crippen LogP contribution in [0.15, 0.2) is 89.7 Å². The van der Waals surface area contributed by atoms with Gasteiger partial charge in [-0.25, -0.2) is 0 Å². The van der Waals surface area contributed by atoms with Crippen molar-refractivity contribution in [1.29, 1.82) is 0 Å². The smallest absolute Gasteiger partial charge is 0.226 e. The third-order valence-corrected chi connectivity index (χ3v) is 7.40. The number of thiocarbonyl (C=S) groups is 1. The Kier molecular flexibility index (Phi) is 7.13. The number of carbonyl (C=O) groups excluding carboxylic acids is 1. The number of hydrogen-bond acceptors (Lipinski definition) is 3. The molecule has 6 nitrogen and oxygen atoms in total. The highest BCUT2D eigenvalue weighted by molar-refractivity contribution is 9.10. The molecule has 0 saturated carbocycles. The molecule has 3 heterocycles. The average Bonchev–Trinajstić information content (AvgIpc) is 3.50. The molecule has 2 aromatic carbocycles. The molecule has 37 heavy (non-hydrogen) atoms. The molecule has 1 fully saturated rings. The molecule has 188 valence electrons. The largest absolute Gasteiger partial charge is 0.351 e. The van der Waals surface area contributed by atoms with Gasteiger partial charge in [0.2, 0.25) is 5.91 Å². The molecule has 0 spiro atoms. The van der Waals surface area contributed by atoms with E-state index in [4.69, 9.17) is 12.2 Å². The number of aromatic nitrogens is 2. The number of benzene rings is 2. The van der Waals surface area contributed by atoms with Gasteiger partial charge in [0.25, 0.3) is 0 Å². The lowest BCUT2D eigenvalue weighted by molar-refractivity contribution is -0.118. The van der Waals surface area contributed by atoms with Crippen LogP contribution in [0, 0.1) is 12.8 Å². The second-order valence-corrected chi connectivity index (χ2v) is 10.7. The average molecular weight is 575 g/mol. The zero-order chi connectivity index (χ0) is 26.1. The van der Waals surface area contributed by atoms with E-state index in [2.05, 4.69) is 77.5 Å². The number of halogens is 1. The zero-order valence-electron chi connectivity index (χ0n) is 20.9. The minimum Gasteiger partial charge on any atom is -0.351 e. The molecular weight excluding hydrogens is 546 g/mol. The molecule has 0 unspecified atom stereocenters. The Morgan fingerprint density at radius 3 is 2.49 bits per heavy atom. The number of aryl methyl sites for hydroxylation is 1. The fraction of sp³-hybridized carbons (Fsp3) is 0.207. The number of pyridine rings is 1. The highest BCUT2D eigenvalue weighted by Crippen LogP contribution is 2.43. The molecule has 4 aromatic rings. The van der Waals surface area contributed by atoms with Gasteiger partial charge in [0.05, 0.1) is 11.7 Å². The highest BCUT2D eigenvalue weighted by Gasteiger charge is 2.42. The van der Waals surface area contributed by atoms with Gasteiger partial charge in [-0.1, -0.05) is 35.8 Å². The van der Waals surface area contributed by atoms with E-state index in [9.17, 15) is 4.79 Å². The van der Waals surface area contributed by atoms with Gasteiger partial charge in [-0.3, -0.25) is 9.78 Å². The predicted molar refractivity (Wildman–Crippen MR) is 156 cm³/mol. The Bertz CT molecular complexity index is 1430. The molecule has 0 aliphatic carbocycles. The van der Waals surface area contributed by atoms with E-state index in [1.165, 1.54) is 0 Å². The summed E-state index contributed by atoms with van der Waals surface area (Å²) >= 11 is 9.45. The normalized spacial score (nSPS) is 17.2. The number of nitrogens with one attached hydrogen (secondary N) is 2. The van der Waals surface area contributed by atoms with Crippen LogP contribution in [0.4, 0.5) is 11.4 Å². The Morgan fingerprint density at radius 1 is 1.05 bits per heavy atom. The summed E-state index contributed by atoms with van der Waals surface area (Å²) in [6, 6.07) is 24.1. The SMILES string of the molecule is Cc1cc(N2C(=S)N[C@@H](c3ccccn3)[C@@H]2c2cccn2-c2ccc(Br)cc2)ccc1NC(=O)C(C)C. The van der Waals surface area contributed by atoms with Crippen LogP contribution in [-0.4, -0.2) is 20.6 Å². The minimum absolute atomic E-state index is 0.00497. The van der Waals surface area contributed by atoms with Gasteiger partial charge in [0.1, 0.15) is 6.04 Å². The lowest BCUT2D eigenvalue weighted by Gasteiger charge is -2.29. The Morgan fingerprint density at radius 2 is 1.81 bits per heavy atom. The number of rotatable bonds is 6. The molecule has 1 aliphatic rings. The third-order valence-electron chi connectivity index (χ3n) is 6.56. The number of nitrogens with zero attached hydrogens (tertiary/aromatic N) is 3. The molecule has 2 aromatic heterocycles. The maximum Gasteiger partial charge on any atom is 0.226 e. The van der Waals surface area contributed by atoms with Crippen molar-refractivity contribution in [2.24, 2.45) is 5.92 Å². The van der Waals surface area contributed by atoms with Gasteiger partial charge >= 0.3 is 0 Å². The van der Waals surface area contributed by atoms with Gasteiger partial charge in [-0.05, 0) is 91.4 Å². The van der Waals surface area contributed by atoms with Crippen LogP contribution in [-0.2, 0) is 4.79 Å². The Balaban J connectivity index is 1.59. The molecule has 1 saturated heterocycles. The topological polar surface area (TPSA) is 62.2 Å². The van der Waals surface area contributed by atoms with Crippen molar-refractivity contribution in [3.05, 3.63) is 107 Å². The van der Waals surface area contributed by atoms with Gasteiger partial charge in [-0.2, -0.15) is 0 Å². The fourth-order valence-electron chi connectivity index (χ4n) is 4.62. The molecule has 0 bridgehead atoms. The lowest BCUT2D eigenvalue weighted by Crippen LogP contribution is -2.30. The van der Waals surface area contributed by atoms with E-state index in [0.717, 1.165) is 38.5 Å². The number of hydrogen-bond donors (Lipinski definition) is 2. The van der Waals surface area contributed by atoms with Crippen LogP contribution >= 0.6 is 28.1 Å². The van der Waals surface area contributed by atoms with Crippen molar-refractivity contribution >= 4 is 50.5 Å². The summed E-state index contributed by atoms with van der Waals surface area (Å²) in [5.74, 6) is -0.0982. The van der Waals surface area contributed by atoms with Crippen LogP contribution in [0.25, 0.3) is 5.69 Å². The Hall–Kier alpha value is -3.49. The van der Waals surface area contributed by atoms with Crippen molar-refractivity contribution in [3.8, 4) is 5.69 Å². The van der Waals surface area contributed by atoms with Crippen molar-refractivity contribution in [3.63, 3.8) is 0 Å². The van der Waals surface area contributed by atoms with Crippen LogP contribution in [0.3, 0.4) is 0 Å². The molecule has 2 atom stereocenters. The first-order chi connectivity index (χ1) is 17.8. The number of carbonyl (C=O) groups is 1. The Labute approximate surface area is 230 Å². The van der Waals surface area contributed by atoms with Crippen LogP contribution in [0.5, 0.6) is 0 Å². The van der Waals surface area contributed by atoms with Crippen molar-refractivity contribution in [1.82, 2.24) is 14.9 Å². The van der Waals surface area contributed by atoms with E-state index in [0.29, 0.717) is 5.11 Å². The zero-order valence-corrected chi connectivity index (χ0v) is 23.3. The third kappa shape index (κ3) is 5.04. The molecule has 5 rings (SSSR count). The summed E-state index contributed by atoms with van der Waals surface area (Å²) < 4.78 is 3.22. The van der Waals surface area contributed by atoms with Crippen LogP contribution < -0.4 is 15.5 Å². The second-order valence-electron chi connectivity index (χ2n) is 9.42. The van der Waals surface area contributed by atoms with Gasteiger partial charge in [0, 0.05) is 45.5 Å². The standard InChI is InChI=1S/C29H28BrN5OS/c1-18(2)28(36)32-23-14-13-22(17-19(23)3)35-27(26(33-29(35)37)24-7-4-5-15-31-24)25-8-6-16-34(25)21-11-9-20(30)10-12-21/h4-18,26-27H,1-3H3,(H,32,36)(H,33,37)/t26-,27-/m0/s1. The van der Waals surface area contributed by atoms with E-state index in [1.54, 1.807) is 0 Å². The summed E-state index contributed by atoms with van der Waals surface area (Å²) in [5.41, 5.74) is 5.78. The second kappa shape index (κ2) is 10.5. The van der Waals surface area contributed by atoms with E-state index >= 15 is 0 Å². The maximum atomic E-state index is 12.3. The first-order valence-electron chi connectivity index (χ1n) is 12.2. The summed E-state index contributed by atoms with van der Waals surface area (Å²) in [6.07, 6.45) is 3.88. The quantitative estimate of drug-likeness (QED) is 0.251. The van der Waals surface area contributed by atoms with E-state index in [1.807, 2.05) is 69.4 Å². The summed E-state index contributed by atoms with van der Waals surface area (Å²) in [6.45, 7) is 5.77. The minimum atomic E-state index is -0.156. The van der Waals surface area contributed by atoms with Gasteiger partial charge in [-0.15, -0.1) is 0 Å². The van der Waals surface area contributed by atoms with Crippen molar-refractivity contribution < 1.29 is 4.79 Å². The molecule has 1 aliphatic heterocycles. The van der Waals surface area contributed by atoms with Crippen molar-refractivity contribution in [2.45, 2.75) is 32.9 Å². The molecule has 2 N–H and O–H groups in total. The fourth-order valence-corrected chi connectivity index (χ4v) is 5.23. The first-order valence-corrected chi connectivity index (χ1v) is 13.4. The molecular formula is C29H28BrN5OS. The predicted octanol–water partition coefficient (Wildman–Crippen LogP) is 6.71. The monoisotopic (exact) mass is 573 g/mol. The first kappa shape index (κ1) is 25.2. The lowest BCUT2D eigenvalue weighted by atomic mass is 10.00. The van der Waals surface area contributed by atoms with Crippen molar-refractivity contribution in [2.75, 3.05) is 10.2 Å². The molecule has 8 heteroatoms. The van der Waals surface area contributed by atoms with Crippen LogP contribution in [0.2, 0.25) is 0 Å².